The Labute approximate surface area is 106 Å². The summed E-state index contributed by atoms with van der Waals surface area (Å²) in [6.07, 6.45) is 0.689. The molecule has 1 aliphatic rings. The number of carbonyl (C=O) groups excluding carboxylic acids is 1. The lowest BCUT2D eigenvalue weighted by molar-refractivity contribution is -0.122. The Hall–Kier alpha value is -1.10. The summed E-state index contributed by atoms with van der Waals surface area (Å²) in [6.45, 7) is 1.15. The van der Waals surface area contributed by atoms with Gasteiger partial charge in [-0.2, -0.15) is 0 Å². The molecule has 1 saturated heterocycles. The van der Waals surface area contributed by atoms with Crippen LogP contribution in [0.2, 0.25) is 5.02 Å². The van der Waals surface area contributed by atoms with Gasteiger partial charge in [0, 0.05) is 24.2 Å². The van der Waals surface area contributed by atoms with E-state index in [2.05, 4.69) is 10.6 Å². The molecule has 0 bridgehead atoms. The molecule has 17 heavy (non-hydrogen) atoms. The number of amides is 1. The van der Waals surface area contributed by atoms with E-state index in [1.165, 1.54) is 0 Å². The number of rotatable bonds is 3. The monoisotopic (exact) mass is 253 g/mol. The third-order valence-electron chi connectivity index (χ3n) is 2.89. The Balaban J connectivity index is 1.86. The van der Waals surface area contributed by atoms with E-state index in [0.717, 1.165) is 5.56 Å². The molecule has 0 spiro atoms. The fraction of sp³-hybridized carbons (Fsp3) is 0.417. The zero-order valence-electron chi connectivity index (χ0n) is 9.45. The number of benzene rings is 1. The van der Waals surface area contributed by atoms with Gasteiger partial charge in [0.1, 0.15) is 0 Å². The maximum absolute atomic E-state index is 11.8. The van der Waals surface area contributed by atoms with Gasteiger partial charge in [-0.25, -0.2) is 0 Å². The summed E-state index contributed by atoms with van der Waals surface area (Å²) in [5.41, 5.74) is 6.65. The van der Waals surface area contributed by atoms with E-state index >= 15 is 0 Å². The van der Waals surface area contributed by atoms with Crippen LogP contribution in [0.5, 0.6) is 0 Å². The van der Waals surface area contributed by atoms with Gasteiger partial charge in [0.15, 0.2) is 0 Å². The van der Waals surface area contributed by atoms with Crippen molar-refractivity contribution in [3.63, 3.8) is 0 Å². The summed E-state index contributed by atoms with van der Waals surface area (Å²) in [4.78, 5) is 11.8. The number of carbonyl (C=O) groups is 1. The molecule has 1 amide bonds. The predicted octanol–water partition coefficient (Wildman–Crippen LogP) is 0.645. The van der Waals surface area contributed by atoms with Crippen LogP contribution in [-0.4, -0.2) is 24.5 Å². The van der Waals surface area contributed by atoms with Gasteiger partial charge in [0.2, 0.25) is 5.91 Å². The van der Waals surface area contributed by atoms with E-state index in [-0.39, 0.29) is 18.0 Å². The van der Waals surface area contributed by atoms with Crippen LogP contribution in [0, 0.1) is 0 Å². The number of hydrogen-bond acceptors (Lipinski definition) is 3. The van der Waals surface area contributed by atoms with Gasteiger partial charge in [0.25, 0.3) is 0 Å². The van der Waals surface area contributed by atoms with Crippen molar-refractivity contribution >= 4 is 17.5 Å². The second-order valence-corrected chi connectivity index (χ2v) is 4.67. The highest BCUT2D eigenvalue weighted by molar-refractivity contribution is 6.31. The quantitative estimate of drug-likeness (QED) is 0.741. The van der Waals surface area contributed by atoms with Crippen molar-refractivity contribution in [2.45, 2.75) is 25.0 Å². The third-order valence-corrected chi connectivity index (χ3v) is 3.26. The van der Waals surface area contributed by atoms with Crippen molar-refractivity contribution in [1.29, 1.82) is 0 Å². The van der Waals surface area contributed by atoms with E-state index in [9.17, 15) is 4.79 Å². The average Bonchev–Trinajstić information content (AvgIpc) is 2.74. The minimum absolute atomic E-state index is 0.0159. The SMILES string of the molecule is NC1CNC(C(=O)NCc2ccccc2Cl)C1. The molecule has 2 unspecified atom stereocenters. The first kappa shape index (κ1) is 12.4. The largest absolute Gasteiger partial charge is 0.351 e. The molecule has 2 atom stereocenters. The fourth-order valence-corrected chi connectivity index (χ4v) is 2.11. The predicted molar refractivity (Wildman–Crippen MR) is 67.7 cm³/mol. The van der Waals surface area contributed by atoms with E-state index in [0.29, 0.717) is 24.5 Å². The lowest BCUT2D eigenvalue weighted by Gasteiger charge is -2.11. The molecule has 0 aromatic heterocycles. The van der Waals surface area contributed by atoms with Crippen LogP contribution in [0.4, 0.5) is 0 Å². The summed E-state index contributed by atoms with van der Waals surface area (Å²) in [6, 6.07) is 7.38. The Morgan fingerprint density at radius 2 is 2.29 bits per heavy atom. The first-order valence-corrected chi connectivity index (χ1v) is 6.04. The number of nitrogens with one attached hydrogen (secondary N) is 2. The Kier molecular flexibility index (Phi) is 3.99. The van der Waals surface area contributed by atoms with Crippen molar-refractivity contribution in [3.05, 3.63) is 34.9 Å². The van der Waals surface area contributed by atoms with Crippen LogP contribution in [0.3, 0.4) is 0 Å². The topological polar surface area (TPSA) is 67.1 Å². The van der Waals surface area contributed by atoms with Crippen LogP contribution in [0.15, 0.2) is 24.3 Å². The van der Waals surface area contributed by atoms with E-state index in [4.69, 9.17) is 17.3 Å². The van der Waals surface area contributed by atoms with Crippen molar-refractivity contribution < 1.29 is 4.79 Å². The summed E-state index contributed by atoms with van der Waals surface area (Å²) < 4.78 is 0. The van der Waals surface area contributed by atoms with E-state index in [1.54, 1.807) is 0 Å². The van der Waals surface area contributed by atoms with Crippen LogP contribution in [0.25, 0.3) is 0 Å². The zero-order valence-corrected chi connectivity index (χ0v) is 10.2. The molecule has 1 fully saturated rings. The molecule has 2 rings (SSSR count). The van der Waals surface area contributed by atoms with Crippen LogP contribution in [-0.2, 0) is 11.3 Å². The minimum atomic E-state index is -0.174. The Morgan fingerprint density at radius 1 is 1.53 bits per heavy atom. The highest BCUT2D eigenvalue weighted by Crippen LogP contribution is 2.14. The molecule has 0 aliphatic carbocycles. The lowest BCUT2D eigenvalue weighted by atomic mass is 10.1. The molecule has 4 nitrogen and oxygen atoms in total. The molecular weight excluding hydrogens is 238 g/mol. The minimum Gasteiger partial charge on any atom is -0.351 e. The molecule has 0 radical (unpaired) electrons. The smallest absolute Gasteiger partial charge is 0.237 e. The number of halogens is 1. The Morgan fingerprint density at radius 3 is 2.94 bits per heavy atom. The van der Waals surface area contributed by atoms with Gasteiger partial charge >= 0.3 is 0 Å². The molecule has 1 aromatic carbocycles. The summed E-state index contributed by atoms with van der Waals surface area (Å²) in [5.74, 6) is -0.0159. The van der Waals surface area contributed by atoms with Crippen LogP contribution in [0.1, 0.15) is 12.0 Å². The van der Waals surface area contributed by atoms with Crippen molar-refractivity contribution in [2.24, 2.45) is 5.73 Å². The molecule has 5 heteroatoms. The summed E-state index contributed by atoms with van der Waals surface area (Å²) in [7, 11) is 0. The van der Waals surface area contributed by atoms with Crippen molar-refractivity contribution in [1.82, 2.24) is 10.6 Å². The van der Waals surface area contributed by atoms with Gasteiger partial charge in [0.05, 0.1) is 6.04 Å². The van der Waals surface area contributed by atoms with E-state index in [1.807, 2.05) is 24.3 Å². The van der Waals surface area contributed by atoms with Crippen LogP contribution < -0.4 is 16.4 Å². The summed E-state index contributed by atoms with van der Waals surface area (Å²) >= 11 is 6.00. The fourth-order valence-electron chi connectivity index (χ4n) is 1.91. The molecule has 0 saturated carbocycles. The van der Waals surface area contributed by atoms with Gasteiger partial charge < -0.3 is 16.4 Å². The van der Waals surface area contributed by atoms with Crippen molar-refractivity contribution in [3.8, 4) is 0 Å². The maximum Gasteiger partial charge on any atom is 0.237 e. The lowest BCUT2D eigenvalue weighted by Crippen LogP contribution is -2.40. The normalized spacial score (nSPS) is 23.6. The molecule has 1 heterocycles. The average molecular weight is 254 g/mol. The Bertz CT molecular complexity index is 410. The zero-order chi connectivity index (χ0) is 12.3. The maximum atomic E-state index is 11.8. The molecule has 4 N–H and O–H groups in total. The van der Waals surface area contributed by atoms with Crippen molar-refractivity contribution in [2.75, 3.05) is 6.54 Å². The third kappa shape index (κ3) is 3.19. The molecule has 1 aromatic rings. The molecule has 1 aliphatic heterocycles. The molecule has 92 valence electrons. The summed E-state index contributed by atoms with van der Waals surface area (Å²) in [5, 5.41) is 6.62. The van der Waals surface area contributed by atoms with Gasteiger partial charge in [-0.15, -0.1) is 0 Å². The van der Waals surface area contributed by atoms with Crippen LogP contribution >= 0.6 is 11.6 Å². The standard InChI is InChI=1S/C12H16ClN3O/c13-10-4-2-1-3-8(10)6-16-12(17)11-5-9(14)7-15-11/h1-4,9,11,15H,5-7,14H2,(H,16,17). The second-order valence-electron chi connectivity index (χ2n) is 4.27. The van der Waals surface area contributed by atoms with E-state index < -0.39 is 0 Å². The highest BCUT2D eigenvalue weighted by atomic mass is 35.5. The highest BCUT2D eigenvalue weighted by Gasteiger charge is 2.26. The van der Waals surface area contributed by atoms with Gasteiger partial charge in [-0.1, -0.05) is 29.8 Å². The second kappa shape index (κ2) is 5.49. The first-order valence-electron chi connectivity index (χ1n) is 5.67. The van der Waals surface area contributed by atoms with Gasteiger partial charge in [-0.05, 0) is 18.1 Å². The molecular formula is C12H16ClN3O. The number of hydrogen-bond donors (Lipinski definition) is 3. The van der Waals surface area contributed by atoms with Gasteiger partial charge in [-0.3, -0.25) is 4.79 Å². The first-order chi connectivity index (χ1) is 8.16. The number of nitrogens with two attached hydrogens (primary N) is 1.